The van der Waals surface area contributed by atoms with Crippen molar-refractivity contribution in [2.24, 2.45) is 4.99 Å². The van der Waals surface area contributed by atoms with E-state index in [2.05, 4.69) is 20.2 Å². The minimum atomic E-state index is -4.32. The summed E-state index contributed by atoms with van der Waals surface area (Å²) in [6.07, 6.45) is 1.08. The summed E-state index contributed by atoms with van der Waals surface area (Å²) in [5, 5.41) is 3.32. The van der Waals surface area contributed by atoms with Gasteiger partial charge in [-0.05, 0) is 18.2 Å². The zero-order valence-corrected chi connectivity index (χ0v) is 17.9. The van der Waals surface area contributed by atoms with E-state index in [9.17, 15) is 13.2 Å². The number of hydrogen-bond donors (Lipinski definition) is 1. The Labute approximate surface area is 179 Å². The molecule has 0 aliphatic carbocycles. The Bertz CT molecular complexity index is 755. The number of anilines is 1. The fraction of sp³-hybridized carbons (Fsp3) is 0.444. The van der Waals surface area contributed by atoms with E-state index in [1.165, 1.54) is 12.1 Å². The van der Waals surface area contributed by atoms with Gasteiger partial charge in [0.2, 0.25) is 0 Å². The number of aromatic nitrogens is 2. The summed E-state index contributed by atoms with van der Waals surface area (Å²) in [5.41, 5.74) is -0.00747. The highest BCUT2D eigenvalue weighted by Crippen LogP contribution is 2.31. The van der Waals surface area contributed by atoms with E-state index >= 15 is 0 Å². The van der Waals surface area contributed by atoms with Gasteiger partial charge in [0, 0.05) is 64.4 Å². The Kier molecular flexibility index (Phi) is 7.96. The maximum Gasteiger partial charge on any atom is 0.416 e. The molecule has 0 amide bonds. The average Bonchev–Trinajstić information content (AvgIpc) is 3.18. The first-order valence-corrected chi connectivity index (χ1v) is 8.81. The molecule has 28 heavy (non-hydrogen) atoms. The van der Waals surface area contributed by atoms with Crippen LogP contribution in [0.5, 0.6) is 0 Å². The average molecular weight is 508 g/mol. The molecule has 1 saturated heterocycles. The van der Waals surface area contributed by atoms with E-state index in [4.69, 9.17) is 0 Å². The molecule has 1 aliphatic rings. The van der Waals surface area contributed by atoms with Gasteiger partial charge in [-0.15, -0.1) is 24.0 Å². The second-order valence-electron chi connectivity index (χ2n) is 6.30. The van der Waals surface area contributed by atoms with Crippen LogP contribution in [0, 0.1) is 0 Å². The molecular formula is C18H24F3IN6. The number of alkyl halides is 3. The van der Waals surface area contributed by atoms with E-state index in [0.717, 1.165) is 25.1 Å². The summed E-state index contributed by atoms with van der Waals surface area (Å²) in [6.45, 7) is 4.18. The van der Waals surface area contributed by atoms with Crippen molar-refractivity contribution in [3.05, 3.63) is 48.5 Å². The maximum absolute atomic E-state index is 12.9. The summed E-state index contributed by atoms with van der Waals surface area (Å²) >= 11 is 0. The third-order valence-electron chi connectivity index (χ3n) is 4.54. The van der Waals surface area contributed by atoms with Crippen molar-refractivity contribution in [2.45, 2.75) is 12.7 Å². The first-order valence-electron chi connectivity index (χ1n) is 8.81. The highest BCUT2D eigenvalue weighted by atomic mass is 127. The number of halogens is 4. The highest BCUT2D eigenvalue weighted by molar-refractivity contribution is 14.0. The molecule has 0 atom stereocenters. The molecule has 1 aromatic carbocycles. The summed E-state index contributed by atoms with van der Waals surface area (Å²) < 4.78 is 40.7. The van der Waals surface area contributed by atoms with Crippen LogP contribution in [-0.2, 0) is 12.7 Å². The minimum Gasteiger partial charge on any atom is -0.368 e. The monoisotopic (exact) mass is 508 g/mol. The third kappa shape index (κ3) is 5.76. The molecule has 10 heteroatoms. The molecule has 2 heterocycles. The number of benzene rings is 1. The Morgan fingerprint density at radius 3 is 2.57 bits per heavy atom. The van der Waals surface area contributed by atoms with Gasteiger partial charge < -0.3 is 19.7 Å². The molecule has 1 N–H and O–H groups in total. The summed E-state index contributed by atoms with van der Waals surface area (Å²) in [5.74, 6) is 0.804. The quantitative estimate of drug-likeness (QED) is 0.392. The molecule has 0 spiro atoms. The Hall–Kier alpha value is -1.98. The second kappa shape index (κ2) is 9.99. The van der Waals surface area contributed by atoms with Crippen LogP contribution in [0.15, 0.2) is 48.0 Å². The zero-order valence-electron chi connectivity index (χ0n) is 15.6. The van der Waals surface area contributed by atoms with Crippen molar-refractivity contribution in [3.63, 3.8) is 0 Å². The third-order valence-corrected chi connectivity index (χ3v) is 4.54. The van der Waals surface area contributed by atoms with Crippen molar-refractivity contribution in [2.75, 3.05) is 44.7 Å². The molecule has 1 aliphatic heterocycles. The van der Waals surface area contributed by atoms with Crippen molar-refractivity contribution in [1.29, 1.82) is 0 Å². The molecule has 154 valence electrons. The summed E-state index contributed by atoms with van der Waals surface area (Å²) in [4.78, 5) is 12.4. The molecule has 6 nitrogen and oxygen atoms in total. The van der Waals surface area contributed by atoms with Crippen molar-refractivity contribution in [1.82, 2.24) is 19.8 Å². The Morgan fingerprint density at radius 2 is 1.96 bits per heavy atom. The molecule has 0 bridgehead atoms. The number of nitrogens with one attached hydrogen (secondary N) is 1. The zero-order chi connectivity index (χ0) is 19.3. The first kappa shape index (κ1) is 22.3. The van der Waals surface area contributed by atoms with Crippen molar-refractivity contribution in [3.8, 4) is 0 Å². The van der Waals surface area contributed by atoms with Gasteiger partial charge in [-0.1, -0.05) is 6.07 Å². The van der Waals surface area contributed by atoms with Gasteiger partial charge in [-0.2, -0.15) is 13.2 Å². The van der Waals surface area contributed by atoms with Crippen LogP contribution < -0.4 is 10.2 Å². The van der Waals surface area contributed by atoms with Gasteiger partial charge in [0.15, 0.2) is 5.96 Å². The standard InChI is InChI=1S/C18H23F3N6.HI/c1-22-17(24-6-8-25-7-5-23-14-25)27-11-9-26(10-12-27)16-4-2-3-15(13-16)18(19,20)21;/h2-5,7,13-14H,6,8-12H2,1H3,(H,22,24);1H. The lowest BCUT2D eigenvalue weighted by Gasteiger charge is -2.37. The predicted octanol–water partition coefficient (Wildman–Crippen LogP) is 2.92. The van der Waals surface area contributed by atoms with E-state index in [-0.39, 0.29) is 24.0 Å². The normalized spacial score (nSPS) is 15.4. The largest absolute Gasteiger partial charge is 0.416 e. The fourth-order valence-electron chi connectivity index (χ4n) is 3.10. The molecule has 3 rings (SSSR count). The number of aliphatic imine (C=N–C) groups is 1. The number of piperazine rings is 1. The fourth-order valence-corrected chi connectivity index (χ4v) is 3.10. The van der Waals surface area contributed by atoms with Crippen LogP contribution in [0.4, 0.5) is 18.9 Å². The van der Waals surface area contributed by atoms with E-state index in [1.807, 2.05) is 15.7 Å². The van der Waals surface area contributed by atoms with Crippen molar-refractivity contribution >= 4 is 35.6 Å². The molecule has 0 unspecified atom stereocenters. The lowest BCUT2D eigenvalue weighted by atomic mass is 10.1. The topological polar surface area (TPSA) is 48.7 Å². The van der Waals surface area contributed by atoms with Crippen molar-refractivity contribution < 1.29 is 13.2 Å². The number of rotatable bonds is 4. The molecule has 0 radical (unpaired) electrons. The van der Waals surface area contributed by atoms with E-state index in [0.29, 0.717) is 31.9 Å². The molecule has 1 aromatic heterocycles. The smallest absolute Gasteiger partial charge is 0.368 e. The van der Waals surface area contributed by atoms with E-state index in [1.54, 1.807) is 25.6 Å². The number of imidazole rings is 1. The SMILES string of the molecule is CN=C(NCCn1ccnc1)N1CCN(c2cccc(C(F)(F)F)c2)CC1.I. The van der Waals surface area contributed by atoms with Crippen LogP contribution >= 0.6 is 24.0 Å². The lowest BCUT2D eigenvalue weighted by Crippen LogP contribution is -2.53. The Balaban J connectivity index is 0.00000280. The molecule has 0 saturated carbocycles. The maximum atomic E-state index is 12.9. The second-order valence-corrected chi connectivity index (χ2v) is 6.30. The molecule has 2 aromatic rings. The number of nitrogens with zero attached hydrogens (tertiary/aromatic N) is 5. The minimum absolute atomic E-state index is 0. The summed E-state index contributed by atoms with van der Waals surface area (Å²) in [7, 11) is 1.73. The summed E-state index contributed by atoms with van der Waals surface area (Å²) in [6, 6.07) is 5.50. The van der Waals surface area contributed by atoms with Crippen LogP contribution in [0.25, 0.3) is 0 Å². The van der Waals surface area contributed by atoms with Crippen LogP contribution in [0.3, 0.4) is 0 Å². The van der Waals surface area contributed by atoms with Crippen LogP contribution in [0.1, 0.15) is 5.56 Å². The molecule has 1 fully saturated rings. The lowest BCUT2D eigenvalue weighted by molar-refractivity contribution is -0.137. The number of hydrogen-bond acceptors (Lipinski definition) is 3. The van der Waals surface area contributed by atoms with Gasteiger partial charge in [0.05, 0.1) is 11.9 Å². The van der Waals surface area contributed by atoms with Gasteiger partial charge >= 0.3 is 6.18 Å². The molecular weight excluding hydrogens is 484 g/mol. The Morgan fingerprint density at radius 1 is 1.21 bits per heavy atom. The number of guanidine groups is 1. The van der Waals surface area contributed by atoms with Crippen LogP contribution in [-0.4, -0.2) is 60.2 Å². The van der Waals surface area contributed by atoms with Gasteiger partial charge in [-0.25, -0.2) is 4.98 Å². The predicted molar refractivity (Wildman–Crippen MR) is 114 cm³/mol. The van der Waals surface area contributed by atoms with Crippen LogP contribution in [0.2, 0.25) is 0 Å². The van der Waals surface area contributed by atoms with E-state index < -0.39 is 11.7 Å². The van der Waals surface area contributed by atoms with Gasteiger partial charge in [0.1, 0.15) is 0 Å². The van der Waals surface area contributed by atoms with Gasteiger partial charge in [-0.3, -0.25) is 4.99 Å². The van der Waals surface area contributed by atoms with Gasteiger partial charge in [0.25, 0.3) is 0 Å². The highest BCUT2D eigenvalue weighted by Gasteiger charge is 2.31. The first-order chi connectivity index (χ1) is 13.0.